The molecule has 0 atom stereocenters. The van der Waals surface area contributed by atoms with E-state index >= 15 is 0 Å². The number of nitrogens with one attached hydrogen (secondary N) is 1. The first-order chi connectivity index (χ1) is 8.99. The highest BCUT2D eigenvalue weighted by atomic mass is 16.5. The number of phenolic OH excluding ortho intramolecular Hbond substituents is 1. The number of rotatable bonds is 5. The van der Waals surface area contributed by atoms with Gasteiger partial charge in [0.05, 0.1) is 6.61 Å². The monoisotopic (exact) mass is 271 g/mol. The lowest BCUT2D eigenvalue weighted by Crippen LogP contribution is -2.18. The van der Waals surface area contributed by atoms with Crippen molar-refractivity contribution in [3.63, 3.8) is 0 Å². The third-order valence-corrected chi connectivity index (χ3v) is 1.97. The van der Waals surface area contributed by atoms with Crippen molar-refractivity contribution in [2.75, 3.05) is 20.3 Å². The second kappa shape index (κ2) is 9.86. The second-order valence-corrected chi connectivity index (χ2v) is 3.41. The number of methoxy groups -OCH3 is 1. The molecule has 0 heterocycles. The van der Waals surface area contributed by atoms with Gasteiger partial charge in [-0.1, -0.05) is 18.2 Å². The van der Waals surface area contributed by atoms with Gasteiger partial charge in [-0.05, 0) is 6.07 Å². The molecule has 0 unspecified atom stereocenters. The summed E-state index contributed by atoms with van der Waals surface area (Å²) in [5.74, 6) is -3.31. The molecule has 106 valence electrons. The summed E-state index contributed by atoms with van der Waals surface area (Å²) in [5.41, 5.74) is 0.915. The Morgan fingerprint density at radius 3 is 2.26 bits per heavy atom. The number of para-hydroxylation sites is 1. The van der Waals surface area contributed by atoms with E-state index in [9.17, 15) is 5.11 Å². The van der Waals surface area contributed by atoms with Gasteiger partial charge in [0, 0.05) is 25.8 Å². The van der Waals surface area contributed by atoms with Crippen LogP contribution in [0.5, 0.6) is 5.75 Å². The zero-order chi connectivity index (χ0) is 14.7. The number of aliphatic carboxylic acids is 2. The lowest BCUT2D eigenvalue weighted by Gasteiger charge is -2.05. The van der Waals surface area contributed by atoms with Gasteiger partial charge in [0.2, 0.25) is 0 Å². The fourth-order valence-electron chi connectivity index (χ4n) is 1.06. The van der Waals surface area contributed by atoms with Crippen molar-refractivity contribution in [1.82, 2.24) is 5.32 Å². The van der Waals surface area contributed by atoms with Crippen LogP contribution < -0.4 is 5.32 Å². The van der Waals surface area contributed by atoms with Crippen molar-refractivity contribution >= 4 is 11.9 Å². The third-order valence-electron chi connectivity index (χ3n) is 1.97. The van der Waals surface area contributed by atoms with Crippen LogP contribution in [0.3, 0.4) is 0 Å². The SMILES string of the molecule is COCCNCc1ccccc1O.O=C(O)C(=O)O. The Morgan fingerprint density at radius 2 is 1.79 bits per heavy atom. The number of aromatic hydroxyl groups is 1. The lowest BCUT2D eigenvalue weighted by molar-refractivity contribution is -0.159. The van der Waals surface area contributed by atoms with E-state index in [0.717, 1.165) is 12.1 Å². The molecule has 0 aromatic heterocycles. The Hall–Kier alpha value is -2.12. The van der Waals surface area contributed by atoms with Crippen LogP contribution in [0.25, 0.3) is 0 Å². The summed E-state index contributed by atoms with van der Waals surface area (Å²) in [5, 5.41) is 27.3. The molecule has 1 aromatic rings. The van der Waals surface area contributed by atoms with Crippen molar-refractivity contribution in [2.45, 2.75) is 6.54 Å². The van der Waals surface area contributed by atoms with Crippen LogP contribution in [0.2, 0.25) is 0 Å². The van der Waals surface area contributed by atoms with E-state index in [0.29, 0.717) is 18.9 Å². The highest BCUT2D eigenvalue weighted by Gasteiger charge is 2.04. The number of hydrogen-bond donors (Lipinski definition) is 4. The second-order valence-electron chi connectivity index (χ2n) is 3.41. The number of phenols is 1. The Balaban J connectivity index is 0.000000459. The van der Waals surface area contributed by atoms with Gasteiger partial charge < -0.3 is 25.4 Å². The average molecular weight is 271 g/mol. The van der Waals surface area contributed by atoms with Crippen LogP contribution in [0, 0.1) is 0 Å². The molecule has 0 fully saturated rings. The Morgan fingerprint density at radius 1 is 1.21 bits per heavy atom. The summed E-state index contributed by atoms with van der Waals surface area (Å²) in [7, 11) is 1.67. The normalized spacial score (nSPS) is 9.32. The van der Waals surface area contributed by atoms with Crippen molar-refractivity contribution in [3.8, 4) is 5.75 Å². The minimum atomic E-state index is -1.82. The first-order valence-corrected chi connectivity index (χ1v) is 5.41. The summed E-state index contributed by atoms with van der Waals surface area (Å²) < 4.78 is 4.89. The van der Waals surface area contributed by atoms with Gasteiger partial charge in [0.1, 0.15) is 5.75 Å². The summed E-state index contributed by atoms with van der Waals surface area (Å²) in [6, 6.07) is 7.31. The van der Waals surface area contributed by atoms with Gasteiger partial charge in [-0.3, -0.25) is 0 Å². The van der Waals surface area contributed by atoms with E-state index in [2.05, 4.69) is 5.32 Å². The molecule has 1 aromatic carbocycles. The molecule has 0 amide bonds. The molecule has 0 saturated heterocycles. The van der Waals surface area contributed by atoms with Gasteiger partial charge >= 0.3 is 11.9 Å². The van der Waals surface area contributed by atoms with E-state index in [-0.39, 0.29) is 0 Å². The maximum atomic E-state index is 9.40. The van der Waals surface area contributed by atoms with E-state index in [1.807, 2.05) is 18.2 Å². The van der Waals surface area contributed by atoms with Gasteiger partial charge in [-0.15, -0.1) is 0 Å². The van der Waals surface area contributed by atoms with Gasteiger partial charge in [-0.2, -0.15) is 0 Å². The van der Waals surface area contributed by atoms with E-state index < -0.39 is 11.9 Å². The average Bonchev–Trinajstić information content (AvgIpc) is 2.37. The number of carboxylic acid groups (broad SMARTS) is 2. The van der Waals surface area contributed by atoms with Gasteiger partial charge in [0.25, 0.3) is 0 Å². The largest absolute Gasteiger partial charge is 0.508 e. The number of carbonyl (C=O) groups is 2. The fourth-order valence-corrected chi connectivity index (χ4v) is 1.06. The molecule has 0 spiro atoms. The van der Waals surface area contributed by atoms with E-state index in [4.69, 9.17) is 24.5 Å². The van der Waals surface area contributed by atoms with Crippen LogP contribution in [-0.2, 0) is 20.9 Å². The smallest absolute Gasteiger partial charge is 0.414 e. The first kappa shape index (κ1) is 16.9. The molecule has 0 saturated carbocycles. The molecule has 7 heteroatoms. The summed E-state index contributed by atoms with van der Waals surface area (Å²) in [6.45, 7) is 2.16. The minimum absolute atomic E-state index is 0.340. The van der Waals surface area contributed by atoms with E-state index in [1.54, 1.807) is 13.2 Å². The number of benzene rings is 1. The quantitative estimate of drug-likeness (QED) is 0.449. The Labute approximate surface area is 110 Å². The summed E-state index contributed by atoms with van der Waals surface area (Å²) in [4.78, 5) is 18.2. The molecule has 0 aliphatic carbocycles. The number of hydrogen-bond acceptors (Lipinski definition) is 5. The highest BCUT2D eigenvalue weighted by molar-refractivity contribution is 6.27. The first-order valence-electron chi connectivity index (χ1n) is 5.41. The van der Waals surface area contributed by atoms with Crippen LogP contribution in [0.15, 0.2) is 24.3 Å². The Bertz CT molecular complexity index is 395. The summed E-state index contributed by atoms with van der Waals surface area (Å²) >= 11 is 0. The van der Waals surface area contributed by atoms with Crippen LogP contribution in [0.4, 0.5) is 0 Å². The van der Waals surface area contributed by atoms with E-state index in [1.165, 1.54) is 0 Å². The molecule has 19 heavy (non-hydrogen) atoms. The maximum absolute atomic E-state index is 9.40. The predicted molar refractivity (Wildman–Crippen MR) is 67.0 cm³/mol. The number of ether oxygens (including phenoxy) is 1. The lowest BCUT2D eigenvalue weighted by atomic mass is 10.2. The fraction of sp³-hybridized carbons (Fsp3) is 0.333. The van der Waals surface area contributed by atoms with Crippen LogP contribution in [0.1, 0.15) is 5.56 Å². The van der Waals surface area contributed by atoms with Crippen LogP contribution in [-0.4, -0.2) is 47.5 Å². The predicted octanol–water partition coefficient (Wildman–Crippen LogP) is 0.284. The molecular weight excluding hydrogens is 254 g/mol. The standard InChI is InChI=1S/C10H15NO2.C2H2O4/c1-13-7-6-11-8-9-4-2-3-5-10(9)12;3-1(4)2(5)6/h2-5,11-12H,6-8H2,1H3;(H,3,4)(H,5,6). The molecule has 0 aliphatic rings. The zero-order valence-corrected chi connectivity index (χ0v) is 10.5. The van der Waals surface area contributed by atoms with Crippen molar-refractivity contribution in [1.29, 1.82) is 0 Å². The van der Waals surface area contributed by atoms with Crippen molar-refractivity contribution < 1.29 is 29.6 Å². The van der Waals surface area contributed by atoms with Gasteiger partial charge in [0.15, 0.2) is 0 Å². The van der Waals surface area contributed by atoms with Gasteiger partial charge in [-0.25, -0.2) is 9.59 Å². The molecule has 7 nitrogen and oxygen atoms in total. The minimum Gasteiger partial charge on any atom is -0.508 e. The van der Waals surface area contributed by atoms with Crippen molar-refractivity contribution in [2.24, 2.45) is 0 Å². The molecular formula is C12H17NO6. The zero-order valence-electron chi connectivity index (χ0n) is 10.5. The third kappa shape index (κ3) is 8.58. The maximum Gasteiger partial charge on any atom is 0.414 e. The van der Waals surface area contributed by atoms with Crippen LogP contribution >= 0.6 is 0 Å². The number of carboxylic acids is 2. The summed E-state index contributed by atoms with van der Waals surface area (Å²) in [6.07, 6.45) is 0. The topological polar surface area (TPSA) is 116 Å². The molecule has 4 N–H and O–H groups in total. The Kier molecular flexibility index (Phi) is 8.76. The van der Waals surface area contributed by atoms with Crippen molar-refractivity contribution in [3.05, 3.63) is 29.8 Å². The molecule has 0 radical (unpaired) electrons. The highest BCUT2D eigenvalue weighted by Crippen LogP contribution is 2.14. The molecule has 0 bridgehead atoms. The molecule has 0 aliphatic heterocycles. The molecule has 1 rings (SSSR count).